The predicted molar refractivity (Wildman–Crippen MR) is 45.1 cm³/mol. The van der Waals surface area contributed by atoms with Gasteiger partial charge < -0.3 is 9.64 Å². The van der Waals surface area contributed by atoms with Crippen LogP contribution in [-0.4, -0.2) is 24.6 Å². The van der Waals surface area contributed by atoms with Crippen molar-refractivity contribution in [1.29, 1.82) is 0 Å². The highest BCUT2D eigenvalue weighted by atomic mass is 16.5. The zero-order valence-corrected chi connectivity index (χ0v) is 7.10. The molecular weight excluding hydrogens is 138 g/mol. The van der Waals surface area contributed by atoms with Crippen LogP contribution in [0.5, 0.6) is 0 Å². The highest BCUT2D eigenvalue weighted by Crippen LogP contribution is 2.13. The van der Waals surface area contributed by atoms with E-state index in [4.69, 9.17) is 4.74 Å². The molecule has 1 rings (SSSR count). The molecule has 0 aliphatic carbocycles. The summed E-state index contributed by atoms with van der Waals surface area (Å²) >= 11 is 0. The Balaban J connectivity index is 2.47. The van der Waals surface area contributed by atoms with Gasteiger partial charge in [-0.05, 0) is 19.8 Å². The van der Waals surface area contributed by atoms with Gasteiger partial charge in [0.25, 0.3) is 0 Å². The first kappa shape index (κ1) is 8.22. The minimum absolute atomic E-state index is 0.703. The minimum Gasteiger partial charge on any atom is -0.474 e. The topological polar surface area (TPSA) is 12.5 Å². The summed E-state index contributed by atoms with van der Waals surface area (Å²) in [6.07, 6.45) is 2.52. The van der Waals surface area contributed by atoms with Crippen LogP contribution in [0, 0.1) is 0 Å². The lowest BCUT2D eigenvalue weighted by atomic mass is 10.4. The van der Waals surface area contributed by atoms with Crippen LogP contribution in [0.1, 0.15) is 19.8 Å². The average Bonchev–Trinajstić information content (AvgIpc) is 2.52. The molecule has 0 radical (unpaired) electrons. The van der Waals surface area contributed by atoms with Gasteiger partial charge in [-0.3, -0.25) is 0 Å². The van der Waals surface area contributed by atoms with E-state index >= 15 is 0 Å². The molecule has 2 nitrogen and oxygen atoms in total. The van der Waals surface area contributed by atoms with Gasteiger partial charge in [-0.1, -0.05) is 12.3 Å². The molecule has 11 heavy (non-hydrogen) atoms. The molecule has 0 unspecified atom stereocenters. The first-order chi connectivity index (χ1) is 5.38. The van der Waals surface area contributed by atoms with E-state index in [2.05, 4.69) is 17.2 Å². The molecule has 0 amide bonds. The molecule has 0 atom stereocenters. The Morgan fingerprint density at radius 1 is 1.55 bits per heavy atom. The van der Waals surface area contributed by atoms with Gasteiger partial charge in [0.2, 0.25) is 5.88 Å². The van der Waals surface area contributed by atoms with Crippen LogP contribution < -0.4 is 0 Å². The van der Waals surface area contributed by atoms with Crippen molar-refractivity contribution in [2.75, 3.05) is 19.7 Å². The molecule has 62 valence electrons. The minimum atomic E-state index is 0.703. The largest absolute Gasteiger partial charge is 0.474 e. The van der Waals surface area contributed by atoms with Crippen LogP contribution in [0.15, 0.2) is 18.2 Å². The van der Waals surface area contributed by atoms with Crippen molar-refractivity contribution in [2.24, 2.45) is 0 Å². The molecule has 0 aromatic carbocycles. The predicted octanol–water partition coefficient (Wildman–Crippen LogP) is 1.74. The van der Waals surface area contributed by atoms with Crippen molar-refractivity contribution in [1.82, 2.24) is 4.90 Å². The molecule has 1 fully saturated rings. The fraction of sp³-hybridized carbons (Fsp3) is 0.667. The molecule has 0 saturated carbocycles. The van der Waals surface area contributed by atoms with Gasteiger partial charge in [0.05, 0.1) is 6.61 Å². The normalized spacial score (nSPS) is 16.3. The van der Waals surface area contributed by atoms with E-state index in [1.165, 1.54) is 12.8 Å². The molecule has 0 spiro atoms. The average molecular weight is 153 g/mol. The lowest BCUT2D eigenvalue weighted by molar-refractivity contribution is 0.138. The maximum Gasteiger partial charge on any atom is 0.235 e. The van der Waals surface area contributed by atoms with Gasteiger partial charge in [0, 0.05) is 13.1 Å². The maximum atomic E-state index is 5.34. The van der Waals surface area contributed by atoms with Gasteiger partial charge >= 0.3 is 0 Å². The molecule has 1 aliphatic heterocycles. The summed E-state index contributed by atoms with van der Waals surface area (Å²) in [5.41, 5.74) is 2.82. The Morgan fingerprint density at radius 3 is 2.64 bits per heavy atom. The van der Waals surface area contributed by atoms with Gasteiger partial charge in [-0.25, -0.2) is 0 Å². The van der Waals surface area contributed by atoms with Crippen molar-refractivity contribution < 1.29 is 4.74 Å². The second-order valence-corrected chi connectivity index (χ2v) is 2.61. The Hall–Kier alpha value is -0.880. The highest BCUT2D eigenvalue weighted by molar-refractivity contribution is 4.91. The standard InChI is InChI=1S/C9H15NO/c1-3-9(11-4-2)10-7-5-6-8-10/h1,4-8H2,2H3. The van der Waals surface area contributed by atoms with Gasteiger partial charge in [0.1, 0.15) is 0 Å². The molecular formula is C9H15NO. The zero-order chi connectivity index (χ0) is 8.10. The summed E-state index contributed by atoms with van der Waals surface area (Å²) in [5, 5.41) is 0. The van der Waals surface area contributed by atoms with Crippen molar-refractivity contribution in [3.05, 3.63) is 18.2 Å². The lowest BCUT2D eigenvalue weighted by Gasteiger charge is -2.18. The molecule has 1 saturated heterocycles. The maximum absolute atomic E-state index is 5.34. The Kier molecular flexibility index (Phi) is 3.06. The second-order valence-electron chi connectivity index (χ2n) is 2.61. The van der Waals surface area contributed by atoms with Gasteiger partial charge in [-0.15, -0.1) is 0 Å². The van der Waals surface area contributed by atoms with Gasteiger partial charge in [-0.2, -0.15) is 0 Å². The van der Waals surface area contributed by atoms with E-state index in [0.717, 1.165) is 19.0 Å². The van der Waals surface area contributed by atoms with Crippen molar-refractivity contribution in [3.63, 3.8) is 0 Å². The van der Waals surface area contributed by atoms with Crippen molar-refractivity contribution in [2.45, 2.75) is 19.8 Å². The van der Waals surface area contributed by atoms with Crippen molar-refractivity contribution in [3.8, 4) is 0 Å². The van der Waals surface area contributed by atoms with E-state index in [9.17, 15) is 0 Å². The highest BCUT2D eigenvalue weighted by Gasteiger charge is 2.14. The van der Waals surface area contributed by atoms with Gasteiger partial charge in [0.15, 0.2) is 0 Å². The monoisotopic (exact) mass is 153 g/mol. The molecule has 0 N–H and O–H groups in total. The summed E-state index contributed by atoms with van der Waals surface area (Å²) in [6.45, 7) is 8.47. The molecule has 0 aromatic heterocycles. The van der Waals surface area contributed by atoms with Crippen LogP contribution in [0.2, 0.25) is 0 Å². The van der Waals surface area contributed by atoms with E-state index in [-0.39, 0.29) is 0 Å². The van der Waals surface area contributed by atoms with E-state index in [1.54, 1.807) is 0 Å². The quantitative estimate of drug-likeness (QED) is 0.452. The second kappa shape index (κ2) is 4.09. The van der Waals surface area contributed by atoms with Crippen LogP contribution in [0.4, 0.5) is 0 Å². The molecule has 0 bridgehead atoms. The fourth-order valence-corrected chi connectivity index (χ4v) is 1.31. The third-order valence-electron chi connectivity index (χ3n) is 1.83. The summed E-state index contributed by atoms with van der Waals surface area (Å²) in [7, 11) is 0. The third kappa shape index (κ3) is 2.02. The Labute approximate surface area is 68.1 Å². The Morgan fingerprint density at radius 2 is 2.18 bits per heavy atom. The summed E-state index contributed by atoms with van der Waals surface area (Å²) in [5.74, 6) is 0.824. The number of rotatable bonds is 3. The zero-order valence-electron chi connectivity index (χ0n) is 7.10. The number of nitrogens with zero attached hydrogens (tertiary/aromatic N) is 1. The summed E-state index contributed by atoms with van der Waals surface area (Å²) in [6, 6.07) is 0. The Bertz CT molecular complexity index is 164. The van der Waals surface area contributed by atoms with Crippen LogP contribution in [-0.2, 0) is 4.74 Å². The third-order valence-corrected chi connectivity index (χ3v) is 1.83. The van der Waals surface area contributed by atoms with E-state index in [1.807, 2.05) is 6.92 Å². The van der Waals surface area contributed by atoms with E-state index < -0.39 is 0 Å². The first-order valence-electron chi connectivity index (χ1n) is 4.16. The molecule has 1 heterocycles. The number of hydrogen-bond acceptors (Lipinski definition) is 2. The molecule has 2 heteroatoms. The van der Waals surface area contributed by atoms with Crippen molar-refractivity contribution >= 4 is 0 Å². The number of hydrogen-bond donors (Lipinski definition) is 0. The molecule has 1 aliphatic rings. The summed E-state index contributed by atoms with van der Waals surface area (Å²) < 4.78 is 5.34. The molecule has 0 aromatic rings. The number of ether oxygens (including phenoxy) is 1. The SMILES string of the molecule is C=C=C(OCC)N1CCCC1. The van der Waals surface area contributed by atoms with Crippen LogP contribution in [0.3, 0.4) is 0 Å². The summed E-state index contributed by atoms with van der Waals surface area (Å²) in [4.78, 5) is 2.19. The fourth-order valence-electron chi connectivity index (χ4n) is 1.31. The first-order valence-corrected chi connectivity index (χ1v) is 4.16. The van der Waals surface area contributed by atoms with Crippen LogP contribution in [0.25, 0.3) is 0 Å². The number of likely N-dealkylation sites (tertiary alicyclic amines) is 1. The smallest absolute Gasteiger partial charge is 0.235 e. The lowest BCUT2D eigenvalue weighted by Crippen LogP contribution is -2.19. The van der Waals surface area contributed by atoms with E-state index in [0.29, 0.717) is 6.61 Å². The van der Waals surface area contributed by atoms with Crippen LogP contribution >= 0.6 is 0 Å².